The molecule has 2 heterocycles. The van der Waals surface area contributed by atoms with Crippen LogP contribution in [-0.4, -0.2) is 15.4 Å². The Hall–Kier alpha value is -2.24. The molecule has 0 aliphatic rings. The summed E-state index contributed by atoms with van der Waals surface area (Å²) in [5.74, 6) is 0. The van der Waals surface area contributed by atoms with Crippen molar-refractivity contribution in [2.45, 2.75) is 0 Å². The van der Waals surface area contributed by atoms with Crippen LogP contribution in [0, 0.1) is 5.21 Å². The number of para-hydroxylation sites is 1. The maximum atomic E-state index is 11.4. The Balaban J connectivity index is 2.67. The fourth-order valence-corrected chi connectivity index (χ4v) is 1.40. The van der Waals surface area contributed by atoms with E-state index in [9.17, 15) is 5.21 Å². The van der Waals surface area contributed by atoms with Crippen molar-refractivity contribution in [3.8, 4) is 0 Å². The van der Waals surface area contributed by atoms with E-state index in [1.165, 1.54) is 0 Å². The molecule has 2 aromatic heterocycles. The van der Waals surface area contributed by atoms with Crippen LogP contribution in [0.25, 0.3) is 22.1 Å². The summed E-state index contributed by atoms with van der Waals surface area (Å²) in [6.45, 7) is 0. The van der Waals surface area contributed by atoms with Crippen molar-refractivity contribution in [1.82, 2.24) is 15.4 Å². The second-order valence-electron chi connectivity index (χ2n) is 2.83. The third-order valence-electron chi connectivity index (χ3n) is 2.02. The van der Waals surface area contributed by atoms with Crippen LogP contribution in [0.2, 0.25) is 0 Å². The van der Waals surface area contributed by atoms with Crippen LogP contribution < -0.4 is 4.85 Å². The first-order chi connectivity index (χ1) is 6.86. The van der Waals surface area contributed by atoms with Gasteiger partial charge < -0.3 is 5.21 Å². The first-order valence-electron chi connectivity index (χ1n) is 3.97. The highest BCUT2D eigenvalue weighted by Gasteiger charge is 2.14. The molecule has 0 amide bonds. The quantitative estimate of drug-likeness (QED) is 0.377. The molecule has 0 unspecified atom stereocenters. The highest BCUT2D eigenvalue weighted by molar-refractivity contribution is 5.97. The Morgan fingerprint density at radius 1 is 1.21 bits per heavy atom. The lowest BCUT2D eigenvalue weighted by Crippen LogP contribution is -2.31. The number of hydrogen-bond donors (Lipinski definition) is 0. The summed E-state index contributed by atoms with van der Waals surface area (Å²) in [7, 11) is 0. The molecular formula is C8H4N4O2. The maximum absolute atomic E-state index is 11.4. The van der Waals surface area contributed by atoms with Crippen molar-refractivity contribution in [1.29, 1.82) is 0 Å². The average Bonchev–Trinajstić information content (AvgIpc) is 2.66. The van der Waals surface area contributed by atoms with E-state index in [4.69, 9.17) is 0 Å². The van der Waals surface area contributed by atoms with Gasteiger partial charge in [-0.05, 0) is 21.2 Å². The minimum atomic E-state index is 0.221. The second-order valence-corrected chi connectivity index (χ2v) is 2.83. The fraction of sp³-hybridized carbons (Fsp3) is 0. The smallest absolute Gasteiger partial charge is 0.291 e. The molecule has 0 fully saturated rings. The van der Waals surface area contributed by atoms with Crippen molar-refractivity contribution in [3.63, 3.8) is 0 Å². The zero-order chi connectivity index (χ0) is 9.54. The molecule has 0 N–H and O–H groups in total. The fourth-order valence-electron chi connectivity index (χ4n) is 1.40. The number of aromatic nitrogens is 4. The second kappa shape index (κ2) is 2.38. The van der Waals surface area contributed by atoms with E-state index in [0.29, 0.717) is 21.3 Å². The van der Waals surface area contributed by atoms with Crippen molar-refractivity contribution in [2.24, 2.45) is 0 Å². The van der Waals surface area contributed by atoms with Gasteiger partial charge in [0.25, 0.3) is 11.2 Å². The van der Waals surface area contributed by atoms with Gasteiger partial charge in [-0.2, -0.15) is 0 Å². The highest BCUT2D eigenvalue weighted by atomic mass is 16.6. The molecule has 0 radical (unpaired) electrons. The van der Waals surface area contributed by atoms with Crippen LogP contribution in [0.5, 0.6) is 0 Å². The molecule has 6 nitrogen and oxygen atoms in total. The van der Waals surface area contributed by atoms with E-state index in [0.717, 1.165) is 0 Å². The van der Waals surface area contributed by atoms with Crippen LogP contribution in [-0.2, 0) is 0 Å². The molecular weight excluding hydrogens is 184 g/mol. The lowest BCUT2D eigenvalue weighted by Gasteiger charge is -1.96. The predicted octanol–water partition coefficient (Wildman–Crippen LogP) is 0.404. The monoisotopic (exact) mass is 188 g/mol. The average molecular weight is 188 g/mol. The third-order valence-corrected chi connectivity index (χ3v) is 2.02. The van der Waals surface area contributed by atoms with Gasteiger partial charge in [0.1, 0.15) is 0 Å². The largest absolute Gasteiger partial charge is 0.594 e. The normalized spacial score (nSPS) is 11.1. The van der Waals surface area contributed by atoms with Gasteiger partial charge in [-0.15, -0.1) is 0 Å². The molecule has 14 heavy (non-hydrogen) atoms. The van der Waals surface area contributed by atoms with Crippen molar-refractivity contribution in [2.75, 3.05) is 0 Å². The Morgan fingerprint density at radius 3 is 3.00 bits per heavy atom. The molecule has 0 spiro atoms. The number of rotatable bonds is 0. The standard InChI is InChI=1S/C8H4N4O2/c13-12-6-4-2-1-3-5(6)7-8(9-12)11-14-10-7/h1-4H. The van der Waals surface area contributed by atoms with Gasteiger partial charge in [-0.3, -0.25) is 0 Å². The molecule has 0 aliphatic carbocycles. The SMILES string of the molecule is [O-][n+]1nc2nonc2c2ccccc21. The Kier molecular flexibility index (Phi) is 1.22. The molecule has 6 heteroatoms. The van der Waals surface area contributed by atoms with E-state index in [1.807, 2.05) is 6.07 Å². The summed E-state index contributed by atoms with van der Waals surface area (Å²) >= 11 is 0. The summed E-state index contributed by atoms with van der Waals surface area (Å²) in [6, 6.07) is 7.02. The van der Waals surface area contributed by atoms with Gasteiger partial charge in [0, 0.05) is 11.2 Å². The van der Waals surface area contributed by atoms with E-state index in [2.05, 4.69) is 20.0 Å². The summed E-state index contributed by atoms with van der Waals surface area (Å²) in [5.41, 5.74) is 1.18. The van der Waals surface area contributed by atoms with Crippen LogP contribution in [0.3, 0.4) is 0 Å². The van der Waals surface area contributed by atoms with E-state index < -0.39 is 0 Å². The van der Waals surface area contributed by atoms with Crippen LogP contribution >= 0.6 is 0 Å². The Morgan fingerprint density at radius 2 is 2.07 bits per heavy atom. The number of fused-ring (bicyclic) bond motifs is 3. The summed E-state index contributed by atoms with van der Waals surface area (Å²) < 4.78 is 4.51. The number of benzene rings is 1. The van der Waals surface area contributed by atoms with Gasteiger partial charge in [-0.1, -0.05) is 12.1 Å². The molecule has 0 aliphatic heterocycles. The van der Waals surface area contributed by atoms with Gasteiger partial charge in [0.05, 0.1) is 5.39 Å². The van der Waals surface area contributed by atoms with Crippen LogP contribution in [0.1, 0.15) is 0 Å². The van der Waals surface area contributed by atoms with E-state index in [-0.39, 0.29) is 5.65 Å². The third kappa shape index (κ3) is 0.792. The molecule has 1 aromatic carbocycles. The predicted molar refractivity (Wildman–Crippen MR) is 46.1 cm³/mol. The van der Waals surface area contributed by atoms with E-state index in [1.54, 1.807) is 18.2 Å². The molecule has 3 aromatic rings. The van der Waals surface area contributed by atoms with Crippen molar-refractivity contribution >= 4 is 22.1 Å². The first-order valence-corrected chi connectivity index (χ1v) is 3.97. The van der Waals surface area contributed by atoms with Gasteiger partial charge in [0.15, 0.2) is 5.52 Å². The molecule has 3 rings (SSSR count). The molecule has 0 saturated heterocycles. The minimum absolute atomic E-state index is 0.221. The molecule has 68 valence electrons. The first kappa shape index (κ1) is 7.19. The zero-order valence-corrected chi connectivity index (χ0v) is 6.91. The molecule has 0 atom stereocenters. The Bertz CT molecular complexity index is 619. The van der Waals surface area contributed by atoms with E-state index >= 15 is 0 Å². The van der Waals surface area contributed by atoms with Crippen LogP contribution in [0.4, 0.5) is 0 Å². The van der Waals surface area contributed by atoms with Crippen LogP contribution in [0.15, 0.2) is 28.9 Å². The maximum Gasteiger partial charge on any atom is 0.291 e. The lowest BCUT2D eigenvalue weighted by atomic mass is 10.2. The highest BCUT2D eigenvalue weighted by Crippen LogP contribution is 2.16. The van der Waals surface area contributed by atoms with Crippen molar-refractivity contribution in [3.05, 3.63) is 29.5 Å². The minimum Gasteiger partial charge on any atom is -0.594 e. The van der Waals surface area contributed by atoms with Gasteiger partial charge >= 0.3 is 0 Å². The van der Waals surface area contributed by atoms with Gasteiger partial charge in [-0.25, -0.2) is 4.63 Å². The zero-order valence-electron chi connectivity index (χ0n) is 6.91. The van der Waals surface area contributed by atoms with Gasteiger partial charge in [0.2, 0.25) is 0 Å². The molecule has 0 bridgehead atoms. The topological polar surface area (TPSA) is 78.8 Å². The summed E-state index contributed by atoms with van der Waals surface area (Å²) in [4.78, 5) is 0.516. The number of nitrogens with zero attached hydrogens (tertiary/aromatic N) is 4. The Labute approximate surface area is 77.3 Å². The summed E-state index contributed by atoms with van der Waals surface area (Å²) in [6.07, 6.45) is 0. The molecule has 0 saturated carbocycles. The lowest BCUT2D eigenvalue weighted by molar-refractivity contribution is -0.640. The number of hydrogen-bond acceptors (Lipinski definition) is 5. The summed E-state index contributed by atoms with van der Waals surface area (Å²) in [5, 5.41) is 22.9. The van der Waals surface area contributed by atoms with Crippen molar-refractivity contribution < 1.29 is 9.47 Å².